The predicted molar refractivity (Wildman–Crippen MR) is 39.2 cm³/mol. The van der Waals surface area contributed by atoms with E-state index in [9.17, 15) is 4.79 Å². The van der Waals surface area contributed by atoms with Crippen molar-refractivity contribution in [3.8, 4) is 0 Å². The molecule has 2 heterocycles. The second-order valence-electron chi connectivity index (χ2n) is 2.84. The monoisotopic (exact) mass is 167 g/mol. The van der Waals surface area contributed by atoms with Gasteiger partial charge in [-0.2, -0.15) is 4.98 Å². The Morgan fingerprint density at radius 1 is 1.67 bits per heavy atom. The molecular weight excluding hydrogens is 158 g/mol. The highest BCUT2D eigenvalue weighted by Gasteiger charge is 2.26. The van der Waals surface area contributed by atoms with E-state index in [4.69, 9.17) is 4.52 Å². The van der Waals surface area contributed by atoms with Gasteiger partial charge in [-0.1, -0.05) is 5.16 Å². The molecule has 1 aromatic heterocycles. The van der Waals surface area contributed by atoms with Crippen molar-refractivity contribution in [1.82, 2.24) is 15.5 Å². The summed E-state index contributed by atoms with van der Waals surface area (Å²) in [5.41, 5.74) is 0. The van der Waals surface area contributed by atoms with E-state index in [2.05, 4.69) is 15.5 Å². The first-order valence-electron chi connectivity index (χ1n) is 3.85. The first-order chi connectivity index (χ1) is 5.75. The minimum Gasteiger partial charge on any atom is -0.344 e. The Balaban J connectivity index is 2.15. The maximum Gasteiger partial charge on any atom is 0.249 e. The summed E-state index contributed by atoms with van der Waals surface area (Å²) in [4.78, 5) is 14.9. The summed E-state index contributed by atoms with van der Waals surface area (Å²) < 4.78 is 4.92. The summed E-state index contributed by atoms with van der Waals surface area (Å²) in [5.74, 6) is 1.17. The minimum atomic E-state index is -0.0706. The molecule has 5 heteroatoms. The zero-order chi connectivity index (χ0) is 8.55. The Morgan fingerprint density at radius 2 is 2.50 bits per heavy atom. The summed E-state index contributed by atoms with van der Waals surface area (Å²) in [7, 11) is 0. The quantitative estimate of drug-likeness (QED) is 0.654. The molecule has 1 aromatic rings. The minimum absolute atomic E-state index is 0.0517. The van der Waals surface area contributed by atoms with Crippen LogP contribution in [0.5, 0.6) is 0 Å². The number of aromatic nitrogens is 2. The van der Waals surface area contributed by atoms with Crippen LogP contribution in [-0.2, 0) is 4.79 Å². The zero-order valence-corrected chi connectivity index (χ0v) is 6.70. The Kier molecular flexibility index (Phi) is 1.56. The van der Waals surface area contributed by atoms with Gasteiger partial charge >= 0.3 is 0 Å². The van der Waals surface area contributed by atoms with Crippen LogP contribution in [0.4, 0.5) is 0 Å². The molecule has 1 saturated heterocycles. The fourth-order valence-corrected chi connectivity index (χ4v) is 1.25. The van der Waals surface area contributed by atoms with E-state index < -0.39 is 0 Å². The van der Waals surface area contributed by atoms with Gasteiger partial charge in [-0.25, -0.2) is 0 Å². The molecule has 0 spiro atoms. The van der Waals surface area contributed by atoms with Gasteiger partial charge in [0.2, 0.25) is 11.8 Å². The molecule has 1 atom stereocenters. The molecule has 0 aromatic carbocycles. The number of hydrogen-bond donors (Lipinski definition) is 1. The van der Waals surface area contributed by atoms with Crippen molar-refractivity contribution in [2.45, 2.75) is 25.8 Å². The van der Waals surface area contributed by atoms with Crippen LogP contribution in [0.3, 0.4) is 0 Å². The summed E-state index contributed by atoms with van der Waals surface area (Å²) in [6, 6.07) is -0.0706. The van der Waals surface area contributed by atoms with Crippen molar-refractivity contribution < 1.29 is 9.32 Å². The van der Waals surface area contributed by atoms with Crippen molar-refractivity contribution in [1.29, 1.82) is 0 Å². The fourth-order valence-electron chi connectivity index (χ4n) is 1.25. The lowest BCUT2D eigenvalue weighted by Gasteiger charge is -2.01. The van der Waals surface area contributed by atoms with Gasteiger partial charge in [0.25, 0.3) is 0 Å². The number of hydrogen-bond acceptors (Lipinski definition) is 4. The van der Waals surface area contributed by atoms with Crippen LogP contribution >= 0.6 is 0 Å². The first kappa shape index (κ1) is 7.27. The summed E-state index contributed by atoms with van der Waals surface area (Å²) in [5, 5.41) is 6.40. The lowest BCUT2D eigenvalue weighted by Crippen LogP contribution is -2.18. The SMILES string of the molecule is Cc1noc([C@H]2CCC(=O)N2)n1. The number of aryl methyl sites for hydroxylation is 1. The van der Waals surface area contributed by atoms with Gasteiger partial charge in [0.05, 0.1) is 0 Å². The largest absolute Gasteiger partial charge is 0.344 e. The zero-order valence-electron chi connectivity index (χ0n) is 6.70. The van der Waals surface area contributed by atoms with E-state index in [-0.39, 0.29) is 11.9 Å². The third kappa shape index (κ3) is 1.17. The average molecular weight is 167 g/mol. The molecule has 1 N–H and O–H groups in total. The highest BCUT2D eigenvalue weighted by molar-refractivity contribution is 5.78. The Labute approximate surface area is 69.1 Å². The first-order valence-corrected chi connectivity index (χ1v) is 3.85. The van der Waals surface area contributed by atoms with E-state index in [0.29, 0.717) is 18.1 Å². The van der Waals surface area contributed by atoms with E-state index in [0.717, 1.165) is 6.42 Å². The molecule has 1 aliphatic rings. The van der Waals surface area contributed by atoms with Crippen LogP contribution < -0.4 is 5.32 Å². The van der Waals surface area contributed by atoms with Gasteiger partial charge in [0.15, 0.2) is 5.82 Å². The van der Waals surface area contributed by atoms with Crippen molar-refractivity contribution >= 4 is 5.91 Å². The van der Waals surface area contributed by atoms with Gasteiger partial charge in [-0.3, -0.25) is 4.79 Å². The number of amides is 1. The topological polar surface area (TPSA) is 68.0 Å². The number of rotatable bonds is 1. The number of nitrogens with one attached hydrogen (secondary N) is 1. The number of carbonyl (C=O) groups excluding carboxylic acids is 1. The van der Waals surface area contributed by atoms with Crippen LogP contribution in [0.2, 0.25) is 0 Å². The highest BCUT2D eigenvalue weighted by Crippen LogP contribution is 2.21. The predicted octanol–water partition coefficient (Wildman–Crippen LogP) is 0.329. The summed E-state index contributed by atoms with van der Waals surface area (Å²) in [6.07, 6.45) is 1.30. The van der Waals surface area contributed by atoms with Crippen LogP contribution in [0.15, 0.2) is 4.52 Å². The van der Waals surface area contributed by atoms with Crippen molar-refractivity contribution in [3.63, 3.8) is 0 Å². The molecular formula is C7H9N3O2. The van der Waals surface area contributed by atoms with Gasteiger partial charge in [0, 0.05) is 6.42 Å². The number of carbonyl (C=O) groups is 1. The van der Waals surface area contributed by atoms with Crippen LogP contribution in [0.25, 0.3) is 0 Å². The van der Waals surface area contributed by atoms with Crippen molar-refractivity contribution in [3.05, 3.63) is 11.7 Å². The van der Waals surface area contributed by atoms with E-state index in [1.807, 2.05) is 0 Å². The average Bonchev–Trinajstić information content (AvgIpc) is 2.58. The fraction of sp³-hybridized carbons (Fsp3) is 0.571. The third-order valence-corrected chi connectivity index (χ3v) is 1.84. The molecule has 64 valence electrons. The second-order valence-corrected chi connectivity index (χ2v) is 2.84. The van der Waals surface area contributed by atoms with Crippen molar-refractivity contribution in [2.75, 3.05) is 0 Å². The molecule has 2 rings (SSSR count). The van der Waals surface area contributed by atoms with Crippen LogP contribution in [0.1, 0.15) is 30.6 Å². The molecule has 0 unspecified atom stereocenters. The second kappa shape index (κ2) is 2.58. The van der Waals surface area contributed by atoms with E-state index >= 15 is 0 Å². The third-order valence-electron chi connectivity index (χ3n) is 1.84. The van der Waals surface area contributed by atoms with Gasteiger partial charge < -0.3 is 9.84 Å². The molecule has 1 aliphatic heterocycles. The molecule has 0 radical (unpaired) electrons. The van der Waals surface area contributed by atoms with Gasteiger partial charge in [-0.05, 0) is 13.3 Å². The smallest absolute Gasteiger partial charge is 0.249 e. The molecule has 12 heavy (non-hydrogen) atoms. The molecule has 1 fully saturated rings. The molecule has 5 nitrogen and oxygen atoms in total. The highest BCUT2D eigenvalue weighted by atomic mass is 16.5. The van der Waals surface area contributed by atoms with E-state index in [1.165, 1.54) is 0 Å². The normalized spacial score (nSPS) is 22.8. The maximum atomic E-state index is 10.8. The molecule has 1 amide bonds. The molecule has 0 saturated carbocycles. The van der Waals surface area contributed by atoms with Crippen molar-refractivity contribution in [2.24, 2.45) is 0 Å². The van der Waals surface area contributed by atoms with Gasteiger partial charge in [-0.15, -0.1) is 0 Å². The van der Waals surface area contributed by atoms with Crippen LogP contribution in [0, 0.1) is 6.92 Å². The Hall–Kier alpha value is -1.39. The molecule has 0 bridgehead atoms. The number of nitrogens with zero attached hydrogens (tertiary/aromatic N) is 2. The lowest BCUT2D eigenvalue weighted by atomic mass is 10.2. The summed E-state index contributed by atoms with van der Waals surface area (Å²) >= 11 is 0. The Morgan fingerprint density at radius 3 is 3.00 bits per heavy atom. The van der Waals surface area contributed by atoms with Crippen LogP contribution in [-0.4, -0.2) is 16.0 Å². The summed E-state index contributed by atoms with van der Waals surface area (Å²) in [6.45, 7) is 1.75. The maximum absolute atomic E-state index is 10.8. The van der Waals surface area contributed by atoms with E-state index in [1.54, 1.807) is 6.92 Å². The molecule has 0 aliphatic carbocycles. The van der Waals surface area contributed by atoms with Gasteiger partial charge in [0.1, 0.15) is 6.04 Å². The standard InChI is InChI=1S/C7H9N3O2/c1-4-8-7(12-10-4)5-2-3-6(11)9-5/h5H,2-3H2,1H3,(H,9,11)/t5-/m1/s1. The lowest BCUT2D eigenvalue weighted by molar-refractivity contribution is -0.119. The Bertz CT molecular complexity index is 307.